The Morgan fingerprint density at radius 1 is 1.13 bits per heavy atom. The molecule has 7 heteroatoms. The molecule has 0 saturated carbocycles. The van der Waals surface area contributed by atoms with E-state index in [0.29, 0.717) is 45.2 Å². The predicted molar refractivity (Wildman–Crippen MR) is 156 cm³/mol. The Balaban J connectivity index is 2.93. The summed E-state index contributed by atoms with van der Waals surface area (Å²) in [5, 5.41) is 11.5. The Hall–Kier alpha value is -3.22. The van der Waals surface area contributed by atoms with Crippen molar-refractivity contribution in [1.82, 2.24) is 9.55 Å². The summed E-state index contributed by atoms with van der Waals surface area (Å²) in [6.45, 7) is 23.3. The minimum atomic E-state index is -1.27. The quantitative estimate of drug-likeness (QED) is 0.306. The number of aromatic nitrogens is 2. The van der Waals surface area contributed by atoms with E-state index >= 15 is 0 Å². The van der Waals surface area contributed by atoms with Crippen molar-refractivity contribution in [3.63, 3.8) is 0 Å². The molecule has 2 aromatic heterocycles. The number of fused-ring (bicyclic) bond motifs is 1. The van der Waals surface area contributed by atoms with E-state index in [1.165, 1.54) is 12.2 Å². The molecule has 2 aromatic rings. The van der Waals surface area contributed by atoms with Gasteiger partial charge in [-0.3, -0.25) is 0 Å². The van der Waals surface area contributed by atoms with Crippen molar-refractivity contribution in [2.24, 2.45) is 0 Å². The third kappa shape index (κ3) is 7.21. The van der Waals surface area contributed by atoms with Crippen LogP contribution in [0.3, 0.4) is 0 Å². The SMILES string of the molecule is C=C(/C=C\C(F)=C/C)Cn1c(C)c(C)c2c(C(=C)/C=C\C(Cl)=C/C)c(C(OC(C)(C)C)C(=O)O)c(C)nc21. The van der Waals surface area contributed by atoms with E-state index in [9.17, 15) is 14.3 Å². The molecular formula is C31H38ClFN2O3. The highest BCUT2D eigenvalue weighted by Gasteiger charge is 2.33. The van der Waals surface area contributed by atoms with E-state index in [0.717, 1.165) is 16.6 Å². The van der Waals surface area contributed by atoms with Crippen LogP contribution in [-0.2, 0) is 16.1 Å². The first kappa shape index (κ1) is 31.0. The molecule has 38 heavy (non-hydrogen) atoms. The van der Waals surface area contributed by atoms with Crippen molar-refractivity contribution in [2.45, 2.75) is 73.6 Å². The normalized spacial score (nSPS) is 14.2. The molecule has 0 radical (unpaired) electrons. The molecule has 0 saturated heterocycles. The maximum atomic E-state index is 13.6. The molecule has 2 rings (SSSR count). The van der Waals surface area contributed by atoms with Crippen LogP contribution < -0.4 is 0 Å². The first-order chi connectivity index (χ1) is 17.6. The number of halogens is 2. The van der Waals surface area contributed by atoms with Crippen molar-refractivity contribution in [3.8, 4) is 0 Å². The van der Waals surface area contributed by atoms with Gasteiger partial charge in [0.05, 0.1) is 5.60 Å². The third-order valence-electron chi connectivity index (χ3n) is 6.10. The second kappa shape index (κ2) is 12.5. The highest BCUT2D eigenvalue weighted by atomic mass is 35.5. The van der Waals surface area contributed by atoms with Gasteiger partial charge in [0.1, 0.15) is 11.5 Å². The Morgan fingerprint density at radius 2 is 1.76 bits per heavy atom. The molecule has 1 unspecified atom stereocenters. The van der Waals surface area contributed by atoms with E-state index in [2.05, 4.69) is 13.2 Å². The summed E-state index contributed by atoms with van der Waals surface area (Å²) in [5.41, 5.74) is 4.64. The van der Waals surface area contributed by atoms with Gasteiger partial charge in [-0.2, -0.15) is 0 Å². The molecule has 5 nitrogen and oxygen atoms in total. The molecular weight excluding hydrogens is 503 g/mol. The van der Waals surface area contributed by atoms with E-state index < -0.39 is 17.7 Å². The van der Waals surface area contributed by atoms with Crippen LogP contribution in [0.15, 0.2) is 66.0 Å². The fraction of sp³-hybridized carbons (Fsp3) is 0.355. The molecule has 0 aliphatic carbocycles. The lowest BCUT2D eigenvalue weighted by molar-refractivity contribution is -0.160. The highest BCUT2D eigenvalue weighted by molar-refractivity contribution is 6.31. The number of carbonyl (C=O) groups is 1. The average Bonchev–Trinajstić information content (AvgIpc) is 3.06. The summed E-state index contributed by atoms with van der Waals surface area (Å²) in [5.74, 6) is -1.47. The van der Waals surface area contributed by atoms with Gasteiger partial charge in [-0.05, 0) is 84.3 Å². The van der Waals surface area contributed by atoms with Gasteiger partial charge >= 0.3 is 5.97 Å². The molecule has 0 spiro atoms. The van der Waals surface area contributed by atoms with Crippen LogP contribution >= 0.6 is 11.6 Å². The summed E-state index contributed by atoms with van der Waals surface area (Å²) in [4.78, 5) is 17.4. The summed E-state index contributed by atoms with van der Waals surface area (Å²) >= 11 is 6.22. The molecule has 0 amide bonds. The van der Waals surface area contributed by atoms with Gasteiger partial charge in [-0.15, -0.1) is 0 Å². The van der Waals surface area contributed by atoms with Crippen molar-refractivity contribution in [1.29, 1.82) is 0 Å². The van der Waals surface area contributed by atoms with Gasteiger partial charge in [0.25, 0.3) is 0 Å². The minimum Gasteiger partial charge on any atom is -0.479 e. The number of hydrogen-bond acceptors (Lipinski definition) is 3. The van der Waals surface area contributed by atoms with Crippen LogP contribution in [0.5, 0.6) is 0 Å². The standard InChI is InChI=1S/C31H38ClFN2O3/c1-11-23(32)15-14-19(4)25-26-20(5)22(7)35(17-18(3)13-16-24(33)12-2)29(26)34-21(6)27(25)28(30(36)37)38-31(8,9)10/h11-16,28H,3-4,17H2,1-2,5-10H3,(H,36,37)/b15-14-,16-13-,23-11+,24-12+. The zero-order chi connectivity index (χ0) is 28.9. The maximum absolute atomic E-state index is 13.6. The monoisotopic (exact) mass is 540 g/mol. The largest absolute Gasteiger partial charge is 0.479 e. The molecule has 0 fully saturated rings. The van der Waals surface area contributed by atoms with E-state index in [1.807, 2.05) is 46.1 Å². The number of ether oxygens (including phenoxy) is 1. The molecule has 0 aliphatic rings. The smallest absolute Gasteiger partial charge is 0.337 e. The van der Waals surface area contributed by atoms with Crippen LogP contribution in [0.4, 0.5) is 4.39 Å². The molecule has 204 valence electrons. The van der Waals surface area contributed by atoms with Gasteiger partial charge < -0.3 is 14.4 Å². The number of carboxylic acid groups (broad SMARTS) is 1. The predicted octanol–water partition coefficient (Wildman–Crippen LogP) is 8.60. The number of aryl methyl sites for hydroxylation is 2. The Bertz CT molecular complexity index is 1380. The van der Waals surface area contributed by atoms with Crippen LogP contribution in [0, 0.1) is 20.8 Å². The number of allylic oxidation sites excluding steroid dienone is 10. The second-order valence-electron chi connectivity index (χ2n) is 10.1. The van der Waals surface area contributed by atoms with Crippen LogP contribution in [0.2, 0.25) is 0 Å². The van der Waals surface area contributed by atoms with Crippen molar-refractivity contribution >= 4 is 34.2 Å². The topological polar surface area (TPSA) is 64.3 Å². The first-order valence-corrected chi connectivity index (χ1v) is 12.8. The van der Waals surface area contributed by atoms with Crippen molar-refractivity contribution in [3.05, 3.63) is 94.1 Å². The van der Waals surface area contributed by atoms with Crippen LogP contribution in [0.1, 0.15) is 68.8 Å². The fourth-order valence-corrected chi connectivity index (χ4v) is 4.20. The number of carboxylic acids is 1. The van der Waals surface area contributed by atoms with Gasteiger partial charge in [-0.1, -0.05) is 49.1 Å². The lowest BCUT2D eigenvalue weighted by Gasteiger charge is -2.28. The fourth-order valence-electron chi connectivity index (χ4n) is 4.14. The number of pyridine rings is 1. The molecule has 0 aromatic carbocycles. The number of rotatable bonds is 10. The number of hydrogen-bond donors (Lipinski definition) is 1. The summed E-state index contributed by atoms with van der Waals surface area (Å²) < 4.78 is 21.7. The molecule has 0 bridgehead atoms. The summed E-state index contributed by atoms with van der Waals surface area (Å²) in [6.07, 6.45) is 8.35. The molecule has 2 heterocycles. The van der Waals surface area contributed by atoms with Crippen molar-refractivity contribution in [2.75, 3.05) is 0 Å². The number of aliphatic carboxylic acids is 1. The van der Waals surface area contributed by atoms with Crippen LogP contribution in [0.25, 0.3) is 16.6 Å². The lowest BCUT2D eigenvalue weighted by atomic mass is 9.91. The third-order valence-corrected chi connectivity index (χ3v) is 6.44. The van der Waals surface area contributed by atoms with Crippen molar-refractivity contribution < 1.29 is 19.0 Å². The Kier molecular flexibility index (Phi) is 10.2. The van der Waals surface area contributed by atoms with Crippen LogP contribution in [-0.4, -0.2) is 26.2 Å². The molecule has 1 N–H and O–H groups in total. The zero-order valence-corrected chi connectivity index (χ0v) is 24.3. The van der Waals surface area contributed by atoms with Gasteiger partial charge in [0.2, 0.25) is 0 Å². The average molecular weight is 541 g/mol. The van der Waals surface area contributed by atoms with E-state index in [-0.39, 0.29) is 5.83 Å². The summed E-state index contributed by atoms with van der Waals surface area (Å²) in [7, 11) is 0. The summed E-state index contributed by atoms with van der Waals surface area (Å²) in [6, 6.07) is 0. The van der Waals surface area contributed by atoms with E-state index in [1.54, 1.807) is 38.2 Å². The molecule has 0 aliphatic heterocycles. The Labute approximate surface area is 230 Å². The lowest BCUT2D eigenvalue weighted by Crippen LogP contribution is -2.28. The van der Waals surface area contributed by atoms with Gasteiger partial charge in [0, 0.05) is 39.5 Å². The molecule has 1 atom stereocenters. The second-order valence-corrected chi connectivity index (χ2v) is 10.6. The first-order valence-electron chi connectivity index (χ1n) is 12.4. The maximum Gasteiger partial charge on any atom is 0.337 e. The highest BCUT2D eigenvalue weighted by Crippen LogP contribution is 2.40. The van der Waals surface area contributed by atoms with E-state index in [4.69, 9.17) is 21.3 Å². The van der Waals surface area contributed by atoms with Gasteiger partial charge in [-0.25, -0.2) is 14.2 Å². The Morgan fingerprint density at radius 3 is 2.29 bits per heavy atom. The number of nitrogens with zero attached hydrogens (tertiary/aromatic N) is 2. The van der Waals surface area contributed by atoms with Gasteiger partial charge in [0.15, 0.2) is 6.10 Å². The zero-order valence-electron chi connectivity index (χ0n) is 23.6. The minimum absolute atomic E-state index is 0.348.